The topological polar surface area (TPSA) is 80.4 Å². The molecule has 1 N–H and O–H groups in total. The Labute approximate surface area is 104 Å². The van der Waals surface area contributed by atoms with Gasteiger partial charge in [-0.05, 0) is 16.7 Å². The first-order valence-corrected chi connectivity index (χ1v) is 5.54. The Kier molecular flexibility index (Phi) is 2.69. The van der Waals surface area contributed by atoms with Crippen molar-refractivity contribution in [2.45, 2.75) is 25.7 Å². The third kappa shape index (κ3) is 1.99. The highest BCUT2D eigenvalue weighted by atomic mass is 16.6. The van der Waals surface area contributed by atoms with Gasteiger partial charge in [0, 0.05) is 17.5 Å². The van der Waals surface area contributed by atoms with Crippen molar-refractivity contribution in [2.24, 2.45) is 0 Å². The van der Waals surface area contributed by atoms with Crippen LogP contribution >= 0.6 is 0 Å². The summed E-state index contributed by atoms with van der Waals surface area (Å²) in [6.45, 7) is 3.93. The van der Waals surface area contributed by atoms with E-state index in [9.17, 15) is 14.9 Å². The van der Waals surface area contributed by atoms with Crippen molar-refractivity contribution in [3.63, 3.8) is 0 Å². The maximum Gasteiger partial charge on any atom is 0.307 e. The van der Waals surface area contributed by atoms with Crippen molar-refractivity contribution in [2.75, 3.05) is 0 Å². The molecule has 0 saturated heterocycles. The minimum absolute atomic E-state index is 0.0114. The number of carbonyl (C=O) groups is 1. The normalized spacial score (nSPS) is 16.0. The van der Waals surface area contributed by atoms with Gasteiger partial charge in [0.25, 0.3) is 5.69 Å². The number of hydrogen-bond donors (Lipinski definition) is 1. The molecule has 0 unspecified atom stereocenters. The standard InChI is InChI=1S/C13H13NO4/c1-13(2)7-8(5-12(15)16)10-6-9(14(17)18)3-4-11(10)13/h3-4,6-7H,5H2,1-2H3,(H,15,16). The van der Waals surface area contributed by atoms with Crippen LogP contribution in [0.15, 0.2) is 24.3 Å². The summed E-state index contributed by atoms with van der Waals surface area (Å²) in [7, 11) is 0. The Hall–Kier alpha value is -2.17. The Morgan fingerprint density at radius 1 is 1.44 bits per heavy atom. The van der Waals surface area contributed by atoms with E-state index in [4.69, 9.17) is 5.11 Å². The van der Waals surface area contributed by atoms with Crippen LogP contribution in [0.2, 0.25) is 0 Å². The van der Waals surface area contributed by atoms with E-state index in [1.165, 1.54) is 12.1 Å². The van der Waals surface area contributed by atoms with Crippen molar-refractivity contribution in [1.29, 1.82) is 0 Å². The third-order valence-corrected chi connectivity index (χ3v) is 3.13. The Balaban J connectivity index is 2.54. The van der Waals surface area contributed by atoms with Crippen LogP contribution in [-0.2, 0) is 10.2 Å². The predicted molar refractivity (Wildman–Crippen MR) is 66.4 cm³/mol. The zero-order valence-electron chi connectivity index (χ0n) is 10.1. The summed E-state index contributed by atoms with van der Waals surface area (Å²) in [5.74, 6) is -0.934. The number of hydrogen-bond acceptors (Lipinski definition) is 3. The first-order valence-electron chi connectivity index (χ1n) is 5.54. The minimum atomic E-state index is -0.934. The molecule has 0 saturated carbocycles. The number of nitro benzene ring substituents is 1. The lowest BCUT2D eigenvalue weighted by Crippen LogP contribution is -2.10. The highest BCUT2D eigenvalue weighted by Crippen LogP contribution is 2.42. The average Bonchev–Trinajstić information content (AvgIpc) is 2.49. The minimum Gasteiger partial charge on any atom is -0.481 e. The first-order chi connectivity index (χ1) is 8.31. The molecule has 0 radical (unpaired) electrons. The van der Waals surface area contributed by atoms with E-state index in [2.05, 4.69) is 0 Å². The van der Waals surface area contributed by atoms with Gasteiger partial charge in [-0.1, -0.05) is 26.0 Å². The number of allylic oxidation sites excluding steroid dienone is 1. The van der Waals surface area contributed by atoms with Crippen molar-refractivity contribution in [3.05, 3.63) is 45.5 Å². The van der Waals surface area contributed by atoms with E-state index in [1.54, 1.807) is 6.07 Å². The number of carboxylic acids is 1. The summed E-state index contributed by atoms with van der Waals surface area (Å²) in [6.07, 6.45) is 1.76. The molecule has 1 aliphatic carbocycles. The second-order valence-electron chi connectivity index (χ2n) is 4.95. The van der Waals surface area contributed by atoms with E-state index in [-0.39, 0.29) is 17.5 Å². The van der Waals surface area contributed by atoms with Crippen LogP contribution in [0.4, 0.5) is 5.69 Å². The van der Waals surface area contributed by atoms with Crippen LogP contribution in [-0.4, -0.2) is 16.0 Å². The van der Waals surface area contributed by atoms with Crippen molar-refractivity contribution >= 4 is 17.2 Å². The molecule has 0 bridgehead atoms. The third-order valence-electron chi connectivity index (χ3n) is 3.13. The van der Waals surface area contributed by atoms with E-state index in [0.29, 0.717) is 11.1 Å². The summed E-state index contributed by atoms with van der Waals surface area (Å²) in [5, 5.41) is 19.6. The number of aliphatic carboxylic acids is 1. The summed E-state index contributed by atoms with van der Waals surface area (Å²) >= 11 is 0. The molecule has 0 heterocycles. The van der Waals surface area contributed by atoms with E-state index in [0.717, 1.165) is 5.56 Å². The Morgan fingerprint density at radius 3 is 2.67 bits per heavy atom. The first kappa shape index (κ1) is 12.3. The molecule has 5 heteroatoms. The fraction of sp³-hybridized carbons (Fsp3) is 0.308. The number of fused-ring (bicyclic) bond motifs is 1. The van der Waals surface area contributed by atoms with Crippen molar-refractivity contribution in [1.82, 2.24) is 0 Å². The molecule has 1 aromatic rings. The summed E-state index contributed by atoms with van der Waals surface area (Å²) < 4.78 is 0. The number of rotatable bonds is 3. The maximum atomic E-state index is 10.8. The predicted octanol–water partition coefficient (Wildman–Crippen LogP) is 2.74. The molecule has 0 atom stereocenters. The average molecular weight is 247 g/mol. The van der Waals surface area contributed by atoms with Gasteiger partial charge in [-0.2, -0.15) is 0 Å². The van der Waals surface area contributed by atoms with Gasteiger partial charge in [-0.25, -0.2) is 0 Å². The van der Waals surface area contributed by atoms with Gasteiger partial charge in [0.1, 0.15) is 0 Å². The SMILES string of the molecule is CC1(C)C=C(CC(=O)O)c2cc([N+](=O)[O-])ccc21. The molecule has 2 rings (SSSR count). The van der Waals surface area contributed by atoms with Gasteiger partial charge >= 0.3 is 5.97 Å². The van der Waals surface area contributed by atoms with Gasteiger partial charge in [-0.15, -0.1) is 0 Å². The summed E-state index contributed by atoms with van der Waals surface area (Å²) in [6, 6.07) is 4.62. The lowest BCUT2D eigenvalue weighted by Gasteiger charge is -2.16. The van der Waals surface area contributed by atoms with Crippen LogP contribution in [0.3, 0.4) is 0 Å². The quantitative estimate of drug-likeness (QED) is 0.657. The maximum absolute atomic E-state index is 10.8. The van der Waals surface area contributed by atoms with Gasteiger partial charge in [-0.3, -0.25) is 14.9 Å². The highest BCUT2D eigenvalue weighted by Gasteiger charge is 2.31. The molecule has 0 fully saturated rings. The molecule has 1 aliphatic rings. The van der Waals surface area contributed by atoms with Gasteiger partial charge in [0.15, 0.2) is 0 Å². The number of benzene rings is 1. The number of nitro groups is 1. The number of carboxylic acid groups (broad SMARTS) is 1. The lowest BCUT2D eigenvalue weighted by molar-refractivity contribution is -0.384. The molecule has 0 aliphatic heterocycles. The van der Waals surface area contributed by atoms with Gasteiger partial charge < -0.3 is 5.11 Å². The molecule has 1 aromatic carbocycles. The second-order valence-corrected chi connectivity index (χ2v) is 4.95. The largest absolute Gasteiger partial charge is 0.481 e. The summed E-state index contributed by atoms with van der Waals surface area (Å²) in [4.78, 5) is 21.1. The highest BCUT2D eigenvalue weighted by molar-refractivity contribution is 5.88. The summed E-state index contributed by atoms with van der Waals surface area (Å²) in [5.41, 5.74) is 1.96. The van der Waals surface area contributed by atoms with Crippen LogP contribution < -0.4 is 0 Å². The molecule has 0 spiro atoms. The number of nitrogens with zero attached hydrogens (tertiary/aromatic N) is 1. The molecular formula is C13H13NO4. The second kappa shape index (κ2) is 3.94. The van der Waals surface area contributed by atoms with Crippen LogP contribution in [0.1, 0.15) is 31.4 Å². The Morgan fingerprint density at radius 2 is 2.11 bits per heavy atom. The molecule has 94 valence electrons. The van der Waals surface area contributed by atoms with E-state index < -0.39 is 10.9 Å². The fourth-order valence-corrected chi connectivity index (χ4v) is 2.37. The monoisotopic (exact) mass is 247 g/mol. The molecular weight excluding hydrogens is 234 g/mol. The van der Waals surface area contributed by atoms with Crippen LogP contribution in [0, 0.1) is 10.1 Å². The van der Waals surface area contributed by atoms with Crippen LogP contribution in [0.5, 0.6) is 0 Å². The van der Waals surface area contributed by atoms with Crippen molar-refractivity contribution < 1.29 is 14.8 Å². The Bertz CT molecular complexity index is 572. The van der Waals surface area contributed by atoms with E-state index >= 15 is 0 Å². The molecule has 0 aromatic heterocycles. The lowest BCUT2D eigenvalue weighted by atomic mass is 9.87. The van der Waals surface area contributed by atoms with Gasteiger partial charge in [0.05, 0.1) is 11.3 Å². The number of non-ortho nitro benzene ring substituents is 1. The molecule has 0 amide bonds. The fourth-order valence-electron chi connectivity index (χ4n) is 2.37. The molecule has 5 nitrogen and oxygen atoms in total. The zero-order valence-corrected chi connectivity index (χ0v) is 10.1. The van der Waals surface area contributed by atoms with Crippen molar-refractivity contribution in [3.8, 4) is 0 Å². The smallest absolute Gasteiger partial charge is 0.307 e. The van der Waals surface area contributed by atoms with Crippen LogP contribution in [0.25, 0.3) is 5.57 Å². The van der Waals surface area contributed by atoms with E-state index in [1.807, 2.05) is 19.9 Å². The van der Waals surface area contributed by atoms with Gasteiger partial charge in [0.2, 0.25) is 0 Å². The zero-order chi connectivity index (χ0) is 13.5. The molecule has 18 heavy (non-hydrogen) atoms.